The number of hydrogen-bond donors (Lipinski definition) is 1. The van der Waals surface area contributed by atoms with Gasteiger partial charge in [-0.2, -0.15) is 17.9 Å². The predicted molar refractivity (Wildman–Crippen MR) is 61.5 cm³/mol. The van der Waals surface area contributed by atoms with Crippen LogP contribution in [0.5, 0.6) is 0 Å². The summed E-state index contributed by atoms with van der Waals surface area (Å²) < 4.78 is 38.8. The molecule has 0 unspecified atom stereocenters. The number of nitrogens with one attached hydrogen (secondary N) is 1. The Labute approximate surface area is 107 Å². The highest BCUT2D eigenvalue weighted by atomic mass is 19.4. The number of aromatic nitrogens is 4. The van der Waals surface area contributed by atoms with Crippen LogP contribution >= 0.6 is 0 Å². The second-order valence-corrected chi connectivity index (χ2v) is 3.83. The molecule has 0 fully saturated rings. The summed E-state index contributed by atoms with van der Waals surface area (Å²) in [5.74, 6) is 0.543. The van der Waals surface area contributed by atoms with Crippen molar-refractivity contribution in [2.75, 3.05) is 6.54 Å². The van der Waals surface area contributed by atoms with Crippen molar-refractivity contribution in [1.82, 2.24) is 25.5 Å². The molecule has 2 aromatic rings. The van der Waals surface area contributed by atoms with E-state index in [1.165, 1.54) is 16.8 Å². The topological polar surface area (TPSA) is 55.6 Å². The van der Waals surface area contributed by atoms with Crippen molar-refractivity contribution in [3.8, 4) is 5.69 Å². The Morgan fingerprint density at radius 1 is 1.21 bits per heavy atom. The molecule has 2 rings (SSSR count). The van der Waals surface area contributed by atoms with Crippen molar-refractivity contribution in [2.24, 2.45) is 0 Å². The highest BCUT2D eigenvalue weighted by Crippen LogP contribution is 2.29. The van der Waals surface area contributed by atoms with Crippen LogP contribution in [-0.4, -0.2) is 26.8 Å². The molecular weight excluding hydrogens is 259 g/mol. The maximum absolute atomic E-state index is 12.5. The molecule has 8 heteroatoms. The first-order valence-corrected chi connectivity index (χ1v) is 5.68. The van der Waals surface area contributed by atoms with Gasteiger partial charge in [0.25, 0.3) is 0 Å². The lowest BCUT2D eigenvalue weighted by atomic mass is 10.2. The maximum Gasteiger partial charge on any atom is 0.416 e. The van der Waals surface area contributed by atoms with Crippen molar-refractivity contribution < 1.29 is 13.2 Å². The molecule has 5 nitrogen and oxygen atoms in total. The van der Waals surface area contributed by atoms with Gasteiger partial charge in [0.1, 0.15) is 0 Å². The lowest BCUT2D eigenvalue weighted by Gasteiger charge is -2.08. The molecule has 0 saturated heterocycles. The molecular formula is C11H12F3N5. The van der Waals surface area contributed by atoms with Crippen LogP contribution in [0.4, 0.5) is 13.2 Å². The number of rotatable bonds is 4. The highest BCUT2D eigenvalue weighted by molar-refractivity contribution is 5.35. The van der Waals surface area contributed by atoms with Gasteiger partial charge >= 0.3 is 6.18 Å². The Kier molecular flexibility index (Phi) is 3.79. The number of alkyl halides is 3. The molecule has 1 aromatic heterocycles. The molecule has 0 saturated carbocycles. The van der Waals surface area contributed by atoms with Crippen LogP contribution in [0.25, 0.3) is 5.69 Å². The van der Waals surface area contributed by atoms with Crippen LogP contribution in [0.2, 0.25) is 0 Å². The van der Waals surface area contributed by atoms with E-state index in [2.05, 4.69) is 20.8 Å². The summed E-state index contributed by atoms with van der Waals surface area (Å²) in [5.41, 5.74) is -0.205. The molecule has 102 valence electrons. The van der Waals surface area contributed by atoms with Crippen molar-refractivity contribution in [1.29, 1.82) is 0 Å². The lowest BCUT2D eigenvalue weighted by Crippen LogP contribution is -2.16. The quantitative estimate of drug-likeness (QED) is 0.921. The molecule has 0 aliphatic rings. The molecule has 0 spiro atoms. The van der Waals surface area contributed by atoms with Crippen LogP contribution in [0.3, 0.4) is 0 Å². The predicted octanol–water partition coefficient (Wildman–Crippen LogP) is 1.79. The number of hydrogen-bond acceptors (Lipinski definition) is 4. The van der Waals surface area contributed by atoms with Crippen molar-refractivity contribution in [2.45, 2.75) is 19.6 Å². The third-order valence-electron chi connectivity index (χ3n) is 2.51. The van der Waals surface area contributed by atoms with Gasteiger partial charge in [0.15, 0.2) is 5.82 Å². The summed E-state index contributed by atoms with van der Waals surface area (Å²) in [6.45, 7) is 3.14. The second kappa shape index (κ2) is 5.35. The standard InChI is InChI=1S/C11H12F3N5/c1-2-15-7-10-16-17-18-19(10)9-5-3-8(4-6-9)11(12,13)14/h3-6,15H,2,7H2,1H3. The maximum atomic E-state index is 12.5. The Morgan fingerprint density at radius 3 is 2.47 bits per heavy atom. The van der Waals surface area contributed by atoms with Gasteiger partial charge < -0.3 is 5.32 Å². The van der Waals surface area contributed by atoms with Crippen molar-refractivity contribution >= 4 is 0 Å². The summed E-state index contributed by atoms with van der Waals surface area (Å²) in [6, 6.07) is 4.70. The molecule has 0 amide bonds. The number of halogens is 3. The summed E-state index contributed by atoms with van der Waals surface area (Å²) in [4.78, 5) is 0. The van der Waals surface area contributed by atoms with Gasteiger partial charge in [-0.05, 0) is 41.2 Å². The van der Waals surface area contributed by atoms with Gasteiger partial charge in [-0.25, -0.2) is 0 Å². The Bertz CT molecular complexity index is 532. The van der Waals surface area contributed by atoms with Gasteiger partial charge in [-0.3, -0.25) is 0 Å². The molecule has 0 atom stereocenters. The van der Waals surface area contributed by atoms with Gasteiger partial charge in [0.05, 0.1) is 17.8 Å². The Hall–Kier alpha value is -1.96. The van der Waals surface area contributed by atoms with Crippen LogP contribution in [-0.2, 0) is 12.7 Å². The third-order valence-corrected chi connectivity index (χ3v) is 2.51. The third kappa shape index (κ3) is 3.08. The molecule has 1 aromatic carbocycles. The highest BCUT2D eigenvalue weighted by Gasteiger charge is 2.30. The molecule has 0 aliphatic heterocycles. The first-order chi connectivity index (χ1) is 9.02. The molecule has 0 radical (unpaired) electrons. The van der Waals surface area contributed by atoms with E-state index in [1.54, 1.807) is 0 Å². The second-order valence-electron chi connectivity index (χ2n) is 3.83. The largest absolute Gasteiger partial charge is 0.416 e. The van der Waals surface area contributed by atoms with Crippen molar-refractivity contribution in [3.63, 3.8) is 0 Å². The Balaban J connectivity index is 2.25. The smallest absolute Gasteiger partial charge is 0.310 e. The van der Waals surface area contributed by atoms with E-state index in [4.69, 9.17) is 0 Å². The van der Waals surface area contributed by atoms with Gasteiger partial charge in [0, 0.05) is 0 Å². The van der Waals surface area contributed by atoms with Gasteiger partial charge in [-0.15, -0.1) is 5.10 Å². The Morgan fingerprint density at radius 2 is 1.89 bits per heavy atom. The molecule has 0 aliphatic carbocycles. The molecule has 1 N–H and O–H groups in total. The van der Waals surface area contributed by atoms with Crippen LogP contribution < -0.4 is 5.32 Å². The van der Waals surface area contributed by atoms with E-state index in [0.29, 0.717) is 18.1 Å². The minimum absolute atomic E-state index is 0.449. The fraction of sp³-hybridized carbons (Fsp3) is 0.364. The van der Waals surface area contributed by atoms with Crippen LogP contribution in [0.1, 0.15) is 18.3 Å². The van der Waals surface area contributed by atoms with E-state index in [0.717, 1.165) is 18.7 Å². The first-order valence-electron chi connectivity index (χ1n) is 5.68. The van der Waals surface area contributed by atoms with Crippen molar-refractivity contribution in [3.05, 3.63) is 35.7 Å². The monoisotopic (exact) mass is 271 g/mol. The number of nitrogens with zero attached hydrogens (tertiary/aromatic N) is 4. The zero-order valence-corrected chi connectivity index (χ0v) is 10.1. The average molecular weight is 271 g/mol. The minimum atomic E-state index is -4.34. The SMILES string of the molecule is CCNCc1nnnn1-c1ccc(C(F)(F)F)cc1. The number of tetrazole rings is 1. The molecule has 19 heavy (non-hydrogen) atoms. The first kappa shape index (κ1) is 13.5. The average Bonchev–Trinajstić information content (AvgIpc) is 2.83. The van der Waals surface area contributed by atoms with E-state index in [9.17, 15) is 13.2 Å². The molecule has 0 bridgehead atoms. The fourth-order valence-corrected chi connectivity index (χ4v) is 1.54. The summed E-state index contributed by atoms with van der Waals surface area (Å²) >= 11 is 0. The summed E-state index contributed by atoms with van der Waals surface area (Å²) in [7, 11) is 0. The summed E-state index contributed by atoms with van der Waals surface area (Å²) in [6.07, 6.45) is -4.34. The van der Waals surface area contributed by atoms with E-state index in [1.807, 2.05) is 6.92 Å². The zero-order chi connectivity index (χ0) is 13.9. The zero-order valence-electron chi connectivity index (χ0n) is 10.1. The van der Waals surface area contributed by atoms with E-state index >= 15 is 0 Å². The lowest BCUT2D eigenvalue weighted by molar-refractivity contribution is -0.137. The minimum Gasteiger partial charge on any atom is -0.310 e. The summed E-state index contributed by atoms with van der Waals surface area (Å²) in [5, 5.41) is 14.2. The van der Waals surface area contributed by atoms with Crippen LogP contribution in [0, 0.1) is 0 Å². The molecule has 1 heterocycles. The van der Waals surface area contributed by atoms with Crippen LogP contribution in [0.15, 0.2) is 24.3 Å². The van der Waals surface area contributed by atoms with Gasteiger partial charge in [-0.1, -0.05) is 6.92 Å². The normalized spacial score (nSPS) is 11.8. The fourth-order valence-electron chi connectivity index (χ4n) is 1.54. The van der Waals surface area contributed by atoms with E-state index < -0.39 is 11.7 Å². The van der Waals surface area contributed by atoms with E-state index in [-0.39, 0.29) is 0 Å². The van der Waals surface area contributed by atoms with Gasteiger partial charge in [0.2, 0.25) is 0 Å². The number of benzene rings is 1.